The molecule has 0 radical (unpaired) electrons. The minimum atomic E-state index is -3.52. The zero-order chi connectivity index (χ0) is 36.2. The summed E-state index contributed by atoms with van der Waals surface area (Å²) in [7, 11) is -7.03. The van der Waals surface area contributed by atoms with Crippen LogP contribution < -0.4 is 5.32 Å². The summed E-state index contributed by atoms with van der Waals surface area (Å²) in [5, 5.41) is 11.3. The lowest BCUT2D eigenvalue weighted by atomic mass is 10.1. The van der Waals surface area contributed by atoms with Gasteiger partial charge in [-0.1, -0.05) is 65.6 Å². The first-order chi connectivity index (χ1) is 23.1. The average Bonchev–Trinajstić information content (AvgIpc) is 3.09. The molecule has 0 heterocycles. The molecule has 0 aliphatic carbocycles. The van der Waals surface area contributed by atoms with E-state index < -0.39 is 25.6 Å². The molecule has 4 rings (SSSR count). The SMILES string of the molecule is C#CCNC(=O)c1ccc(C(=O)CCS(=O)(=O)c2ccc(C)cc2)cc1.Cc1ccc(S(=O)(=O)CCC(=O)c2ccc(C(=O)O)cc2)cc1. The number of carboxylic acids is 1. The molecule has 0 atom stereocenters. The van der Waals surface area contributed by atoms with Crippen LogP contribution in [0.5, 0.6) is 0 Å². The molecule has 0 fully saturated rings. The third-order valence-electron chi connectivity index (χ3n) is 7.23. The van der Waals surface area contributed by atoms with Gasteiger partial charge in [0.2, 0.25) is 0 Å². The number of sulfone groups is 2. The summed E-state index contributed by atoms with van der Waals surface area (Å²) in [5.74, 6) is -0.283. The van der Waals surface area contributed by atoms with Crippen LogP contribution in [0.1, 0.15) is 65.4 Å². The molecule has 0 saturated heterocycles. The predicted octanol–water partition coefficient (Wildman–Crippen LogP) is 5.14. The van der Waals surface area contributed by atoms with Crippen molar-refractivity contribution in [3.8, 4) is 12.3 Å². The number of ketones is 2. The first-order valence-electron chi connectivity index (χ1n) is 14.9. The monoisotopic (exact) mass is 701 g/mol. The molecule has 0 aliphatic heterocycles. The van der Waals surface area contributed by atoms with Gasteiger partial charge in [0.05, 0.1) is 33.4 Å². The summed E-state index contributed by atoms with van der Waals surface area (Å²) in [6, 6.07) is 24.4. The summed E-state index contributed by atoms with van der Waals surface area (Å²) >= 11 is 0. The van der Waals surface area contributed by atoms with Crippen molar-refractivity contribution in [3.63, 3.8) is 0 Å². The fraction of sp³-hybridized carbons (Fsp3) is 0.189. The summed E-state index contributed by atoms with van der Waals surface area (Å²) in [5.41, 5.74) is 3.04. The lowest BCUT2D eigenvalue weighted by Gasteiger charge is -2.06. The molecule has 12 heteroatoms. The molecule has 0 aromatic heterocycles. The van der Waals surface area contributed by atoms with Gasteiger partial charge in [-0.25, -0.2) is 21.6 Å². The van der Waals surface area contributed by atoms with Crippen molar-refractivity contribution in [1.82, 2.24) is 5.32 Å². The zero-order valence-corrected chi connectivity index (χ0v) is 28.5. The fourth-order valence-electron chi connectivity index (χ4n) is 4.31. The number of benzene rings is 4. The lowest BCUT2D eigenvalue weighted by molar-refractivity contribution is 0.0695. The van der Waals surface area contributed by atoms with E-state index in [1.54, 1.807) is 36.4 Å². The van der Waals surface area contributed by atoms with Crippen molar-refractivity contribution in [3.05, 3.63) is 130 Å². The van der Waals surface area contributed by atoms with Crippen molar-refractivity contribution in [2.45, 2.75) is 36.5 Å². The highest BCUT2D eigenvalue weighted by molar-refractivity contribution is 7.91. The van der Waals surface area contributed by atoms with Gasteiger partial charge < -0.3 is 10.4 Å². The van der Waals surface area contributed by atoms with Crippen LogP contribution >= 0.6 is 0 Å². The highest BCUT2D eigenvalue weighted by atomic mass is 32.2. The molecule has 49 heavy (non-hydrogen) atoms. The summed E-state index contributed by atoms with van der Waals surface area (Å²) in [6.07, 6.45) is 4.80. The van der Waals surface area contributed by atoms with Crippen LogP contribution in [0.3, 0.4) is 0 Å². The molecule has 4 aromatic rings. The van der Waals surface area contributed by atoms with Crippen molar-refractivity contribution in [2.75, 3.05) is 18.1 Å². The molecule has 254 valence electrons. The molecular formula is C37H35NO9S2. The number of hydrogen-bond donors (Lipinski definition) is 2. The Morgan fingerprint density at radius 1 is 0.592 bits per heavy atom. The molecule has 4 aromatic carbocycles. The van der Waals surface area contributed by atoms with Gasteiger partial charge in [-0.3, -0.25) is 14.4 Å². The van der Waals surface area contributed by atoms with Crippen LogP contribution in [0.2, 0.25) is 0 Å². The van der Waals surface area contributed by atoms with Crippen LogP contribution in [0.15, 0.2) is 107 Å². The van der Waals surface area contributed by atoms with Crippen molar-refractivity contribution in [1.29, 1.82) is 0 Å². The number of rotatable bonds is 13. The molecule has 0 spiro atoms. The second-order valence-corrected chi connectivity index (χ2v) is 15.2. The van der Waals surface area contributed by atoms with Crippen molar-refractivity contribution in [2.24, 2.45) is 0 Å². The van der Waals surface area contributed by atoms with E-state index in [4.69, 9.17) is 11.5 Å². The summed E-state index contributed by atoms with van der Waals surface area (Å²) in [4.78, 5) is 47.2. The number of aromatic carboxylic acids is 1. The normalized spacial score (nSPS) is 11.0. The number of Topliss-reactive ketones (excluding diaryl/α,β-unsaturated/α-hetero) is 2. The first-order valence-corrected chi connectivity index (χ1v) is 18.2. The number of carbonyl (C=O) groups excluding carboxylic acids is 3. The number of hydrogen-bond acceptors (Lipinski definition) is 8. The van der Waals surface area contributed by atoms with Crippen LogP contribution in [-0.4, -0.2) is 63.4 Å². The molecule has 0 aliphatic rings. The third kappa shape index (κ3) is 11.4. The van der Waals surface area contributed by atoms with E-state index in [2.05, 4.69) is 11.2 Å². The summed E-state index contributed by atoms with van der Waals surface area (Å²) in [6.45, 7) is 3.85. The van der Waals surface area contributed by atoms with E-state index in [1.807, 2.05) is 13.8 Å². The second-order valence-electron chi connectivity index (χ2n) is 11.0. The van der Waals surface area contributed by atoms with Crippen LogP contribution in [0.4, 0.5) is 0 Å². The number of nitrogens with one attached hydrogen (secondary N) is 1. The topological polar surface area (TPSA) is 169 Å². The summed E-state index contributed by atoms with van der Waals surface area (Å²) < 4.78 is 49.0. The molecule has 10 nitrogen and oxygen atoms in total. The maximum atomic E-state index is 12.3. The van der Waals surface area contributed by atoms with Gasteiger partial charge in [-0.05, 0) is 62.4 Å². The molecular weight excluding hydrogens is 667 g/mol. The van der Waals surface area contributed by atoms with E-state index in [0.29, 0.717) is 16.7 Å². The maximum Gasteiger partial charge on any atom is 0.335 e. The van der Waals surface area contributed by atoms with E-state index >= 15 is 0 Å². The predicted molar refractivity (Wildman–Crippen MR) is 185 cm³/mol. The van der Waals surface area contributed by atoms with Crippen LogP contribution in [0, 0.1) is 26.2 Å². The Morgan fingerprint density at radius 3 is 1.29 bits per heavy atom. The molecule has 1 amide bonds. The molecule has 0 bridgehead atoms. The number of terminal acetylenes is 1. The number of carbonyl (C=O) groups is 4. The standard InChI is InChI=1S/C20H19NO4S.C17H16O5S/c1-3-13-21-20(23)17-8-6-16(7-9-17)19(22)12-14-26(24,25)18-10-4-15(2)5-11-18;1-12-2-8-15(9-3-12)23(21,22)11-10-16(18)13-4-6-14(7-5-13)17(19)20/h1,4-11H,12-14H2,2H3,(H,21,23);2-9H,10-11H2,1H3,(H,19,20). The Labute approximate surface area is 286 Å². The Morgan fingerprint density at radius 2 is 0.939 bits per heavy atom. The highest BCUT2D eigenvalue weighted by Crippen LogP contribution is 2.16. The minimum Gasteiger partial charge on any atom is -0.478 e. The fourth-order valence-corrected chi connectivity index (χ4v) is 6.79. The maximum absolute atomic E-state index is 12.3. The molecule has 2 N–H and O–H groups in total. The van der Waals surface area contributed by atoms with Gasteiger partial charge in [0.1, 0.15) is 0 Å². The van der Waals surface area contributed by atoms with Crippen molar-refractivity contribution < 1.29 is 41.1 Å². The Bertz CT molecular complexity index is 2060. The van der Waals surface area contributed by atoms with E-state index in [0.717, 1.165) is 11.1 Å². The molecule has 0 unspecified atom stereocenters. The number of aryl methyl sites for hydroxylation is 2. The molecule has 0 saturated carbocycles. The van der Waals surface area contributed by atoms with Gasteiger partial charge in [0.25, 0.3) is 5.91 Å². The largest absolute Gasteiger partial charge is 0.478 e. The Balaban J connectivity index is 0.000000267. The highest BCUT2D eigenvalue weighted by Gasteiger charge is 2.19. The van der Waals surface area contributed by atoms with Crippen LogP contribution in [0.25, 0.3) is 0 Å². The third-order valence-corrected chi connectivity index (χ3v) is 10.7. The van der Waals surface area contributed by atoms with E-state index in [-0.39, 0.29) is 63.7 Å². The number of carboxylic acid groups (broad SMARTS) is 1. The van der Waals surface area contributed by atoms with Gasteiger partial charge >= 0.3 is 5.97 Å². The smallest absolute Gasteiger partial charge is 0.335 e. The number of amides is 1. The van der Waals surface area contributed by atoms with E-state index in [1.165, 1.54) is 60.7 Å². The Hall–Kier alpha value is -5.38. The van der Waals surface area contributed by atoms with Gasteiger partial charge in [-0.2, -0.15) is 0 Å². The Kier molecular flexibility index (Phi) is 13.3. The van der Waals surface area contributed by atoms with Gasteiger partial charge in [0, 0.05) is 29.5 Å². The quantitative estimate of drug-likeness (QED) is 0.142. The van der Waals surface area contributed by atoms with Crippen LogP contribution in [-0.2, 0) is 19.7 Å². The second kappa shape index (κ2) is 17.1. The van der Waals surface area contributed by atoms with E-state index in [9.17, 15) is 36.0 Å². The lowest BCUT2D eigenvalue weighted by Crippen LogP contribution is -2.23. The average molecular weight is 702 g/mol. The minimum absolute atomic E-state index is 0.0776. The van der Waals surface area contributed by atoms with Crippen molar-refractivity contribution >= 4 is 43.1 Å². The van der Waals surface area contributed by atoms with Gasteiger partial charge in [-0.15, -0.1) is 6.42 Å². The first kappa shape index (κ1) is 38.1. The zero-order valence-electron chi connectivity index (χ0n) is 26.9. The van der Waals surface area contributed by atoms with Gasteiger partial charge in [0.15, 0.2) is 31.2 Å².